The first-order valence-electron chi connectivity index (χ1n) is 8.92. The van der Waals surface area contributed by atoms with Gasteiger partial charge >= 0.3 is 17.9 Å². The van der Waals surface area contributed by atoms with Gasteiger partial charge in [0.25, 0.3) is 0 Å². The maximum atomic E-state index is 12.4. The Kier molecular flexibility index (Phi) is 11.7. The first kappa shape index (κ1) is 27.7. The van der Waals surface area contributed by atoms with E-state index in [4.69, 9.17) is 21.1 Å². The molecule has 15 nitrogen and oxygen atoms in total. The van der Waals surface area contributed by atoms with Gasteiger partial charge in [0.2, 0.25) is 17.7 Å². The summed E-state index contributed by atoms with van der Waals surface area (Å²) in [6.07, 6.45) is -3.27. The van der Waals surface area contributed by atoms with Crippen molar-refractivity contribution in [3.05, 3.63) is 0 Å². The molecule has 0 spiro atoms. The average molecular weight is 450 g/mol. The van der Waals surface area contributed by atoms with E-state index in [1.54, 1.807) is 0 Å². The van der Waals surface area contributed by atoms with Crippen LogP contribution in [0, 0.1) is 0 Å². The Balaban J connectivity index is 5.32. The number of aliphatic hydroxyl groups is 2. The van der Waals surface area contributed by atoms with E-state index >= 15 is 0 Å². The summed E-state index contributed by atoms with van der Waals surface area (Å²) in [5, 5.41) is 51.1. The number of aliphatic carboxylic acids is 3. The maximum Gasteiger partial charge on any atom is 0.326 e. The van der Waals surface area contributed by atoms with Gasteiger partial charge in [-0.25, -0.2) is 4.79 Å². The number of carboxylic acids is 3. The minimum Gasteiger partial charge on any atom is -0.481 e. The van der Waals surface area contributed by atoms with Crippen molar-refractivity contribution in [1.29, 1.82) is 0 Å². The van der Waals surface area contributed by atoms with Crippen molar-refractivity contribution in [2.45, 2.75) is 56.5 Å². The van der Waals surface area contributed by atoms with E-state index in [-0.39, 0.29) is 0 Å². The van der Waals surface area contributed by atoms with E-state index in [9.17, 15) is 39.0 Å². The Morgan fingerprint density at radius 3 is 1.71 bits per heavy atom. The van der Waals surface area contributed by atoms with E-state index in [2.05, 4.69) is 5.32 Å². The molecule has 15 heteroatoms. The van der Waals surface area contributed by atoms with Gasteiger partial charge in [-0.1, -0.05) is 0 Å². The third-order valence-electron chi connectivity index (χ3n) is 3.91. The molecule has 0 rings (SSSR count). The van der Waals surface area contributed by atoms with Crippen LogP contribution in [-0.4, -0.2) is 98.0 Å². The fourth-order valence-electron chi connectivity index (χ4n) is 2.14. The van der Waals surface area contributed by atoms with Gasteiger partial charge in [0.1, 0.15) is 24.2 Å². The standard InChI is InChI=1S/C16H26N4O11/c1-6(22)12(17)15(29)18-7(2-3-10(23)24)13(27)20-9(5-21)14(28)19-8(16(30)31)4-11(25)26/h6-9,12,21-22H,2-5,17H2,1H3,(H,18,29)(H,19,28)(H,20,27)(H,23,24)(H,25,26)(H,30,31). The Labute approximate surface area is 175 Å². The van der Waals surface area contributed by atoms with Crippen molar-refractivity contribution in [3.63, 3.8) is 0 Å². The summed E-state index contributed by atoms with van der Waals surface area (Å²) in [7, 11) is 0. The SMILES string of the molecule is CC(O)C(N)C(=O)NC(CCC(=O)O)C(=O)NC(CO)C(=O)NC(CC(=O)O)C(=O)O. The highest BCUT2D eigenvalue weighted by atomic mass is 16.4. The van der Waals surface area contributed by atoms with Crippen molar-refractivity contribution in [2.75, 3.05) is 6.61 Å². The van der Waals surface area contributed by atoms with Gasteiger partial charge in [-0.15, -0.1) is 0 Å². The number of carbonyl (C=O) groups excluding carboxylic acids is 3. The van der Waals surface area contributed by atoms with E-state index < -0.39 is 91.8 Å². The van der Waals surface area contributed by atoms with Gasteiger partial charge in [-0.2, -0.15) is 0 Å². The number of carbonyl (C=O) groups is 6. The lowest BCUT2D eigenvalue weighted by atomic mass is 10.1. The lowest BCUT2D eigenvalue weighted by Gasteiger charge is -2.24. The molecule has 0 aromatic rings. The van der Waals surface area contributed by atoms with Gasteiger partial charge in [-0.05, 0) is 13.3 Å². The van der Waals surface area contributed by atoms with Crippen molar-refractivity contribution < 1.29 is 54.3 Å². The van der Waals surface area contributed by atoms with E-state index in [1.807, 2.05) is 10.6 Å². The molecule has 0 radical (unpaired) electrons. The Morgan fingerprint density at radius 1 is 0.806 bits per heavy atom. The molecule has 3 amide bonds. The van der Waals surface area contributed by atoms with Crippen LogP contribution >= 0.6 is 0 Å². The second-order valence-electron chi connectivity index (χ2n) is 6.50. The molecule has 5 atom stereocenters. The van der Waals surface area contributed by atoms with Gasteiger partial charge in [0.15, 0.2) is 0 Å². The highest BCUT2D eigenvalue weighted by Crippen LogP contribution is 2.02. The van der Waals surface area contributed by atoms with Crippen molar-refractivity contribution in [1.82, 2.24) is 16.0 Å². The molecule has 0 bridgehead atoms. The fourth-order valence-corrected chi connectivity index (χ4v) is 2.14. The van der Waals surface area contributed by atoms with Crippen LogP contribution in [0.15, 0.2) is 0 Å². The zero-order valence-electron chi connectivity index (χ0n) is 16.5. The number of hydrogen-bond donors (Lipinski definition) is 9. The molecule has 0 saturated heterocycles. The van der Waals surface area contributed by atoms with E-state index in [0.29, 0.717) is 0 Å². The molecule has 0 fully saturated rings. The Morgan fingerprint density at radius 2 is 1.29 bits per heavy atom. The topological polar surface area (TPSA) is 266 Å². The minimum absolute atomic E-state index is 0.435. The summed E-state index contributed by atoms with van der Waals surface area (Å²) in [6.45, 7) is 0.183. The Bertz CT molecular complexity index is 697. The van der Waals surface area contributed by atoms with Crippen molar-refractivity contribution in [2.24, 2.45) is 5.73 Å². The van der Waals surface area contributed by atoms with Crippen molar-refractivity contribution in [3.8, 4) is 0 Å². The minimum atomic E-state index is -1.84. The van der Waals surface area contributed by atoms with Gasteiger partial charge in [-0.3, -0.25) is 24.0 Å². The molecular formula is C16H26N4O11. The van der Waals surface area contributed by atoms with Crippen LogP contribution in [0.1, 0.15) is 26.2 Å². The fraction of sp³-hybridized carbons (Fsp3) is 0.625. The second-order valence-corrected chi connectivity index (χ2v) is 6.50. The average Bonchev–Trinajstić information content (AvgIpc) is 2.66. The molecule has 0 heterocycles. The molecule has 0 saturated carbocycles. The Hall–Kier alpha value is -3.30. The third-order valence-corrected chi connectivity index (χ3v) is 3.91. The molecule has 10 N–H and O–H groups in total. The quantitative estimate of drug-likeness (QED) is 0.121. The molecule has 0 aliphatic carbocycles. The van der Waals surface area contributed by atoms with Gasteiger partial charge < -0.3 is 47.2 Å². The summed E-state index contributed by atoms with van der Waals surface area (Å²) >= 11 is 0. The molecule has 31 heavy (non-hydrogen) atoms. The van der Waals surface area contributed by atoms with Crippen LogP contribution in [-0.2, 0) is 28.8 Å². The monoisotopic (exact) mass is 450 g/mol. The normalized spacial score (nSPS) is 15.5. The first-order chi connectivity index (χ1) is 14.3. The highest BCUT2D eigenvalue weighted by Gasteiger charge is 2.31. The van der Waals surface area contributed by atoms with Crippen LogP contribution in [0.5, 0.6) is 0 Å². The van der Waals surface area contributed by atoms with Crippen molar-refractivity contribution >= 4 is 35.6 Å². The number of hydrogen-bond acceptors (Lipinski definition) is 9. The van der Waals surface area contributed by atoms with Crippen LogP contribution < -0.4 is 21.7 Å². The number of aliphatic hydroxyl groups excluding tert-OH is 2. The zero-order chi connectivity index (χ0) is 24.3. The van der Waals surface area contributed by atoms with E-state index in [1.165, 1.54) is 6.92 Å². The van der Waals surface area contributed by atoms with Crippen LogP contribution in [0.25, 0.3) is 0 Å². The number of nitrogens with one attached hydrogen (secondary N) is 3. The molecule has 0 aliphatic heterocycles. The van der Waals surface area contributed by atoms with Crippen LogP contribution in [0.4, 0.5) is 0 Å². The molecular weight excluding hydrogens is 424 g/mol. The zero-order valence-corrected chi connectivity index (χ0v) is 16.5. The predicted molar refractivity (Wildman–Crippen MR) is 99.3 cm³/mol. The summed E-state index contributed by atoms with van der Waals surface area (Å²) in [5.74, 6) is -7.82. The molecule has 0 aromatic carbocycles. The summed E-state index contributed by atoms with van der Waals surface area (Å²) in [4.78, 5) is 69.1. The van der Waals surface area contributed by atoms with Crippen LogP contribution in [0.3, 0.4) is 0 Å². The summed E-state index contributed by atoms with van der Waals surface area (Å²) in [6, 6.07) is -6.55. The molecule has 0 aliphatic rings. The lowest BCUT2D eigenvalue weighted by Crippen LogP contribution is -2.59. The largest absolute Gasteiger partial charge is 0.481 e. The smallest absolute Gasteiger partial charge is 0.326 e. The predicted octanol–water partition coefficient (Wildman–Crippen LogP) is -4.43. The maximum absolute atomic E-state index is 12.4. The highest BCUT2D eigenvalue weighted by molar-refractivity contribution is 5.94. The molecule has 176 valence electrons. The summed E-state index contributed by atoms with van der Waals surface area (Å²) < 4.78 is 0. The van der Waals surface area contributed by atoms with Gasteiger partial charge in [0.05, 0.1) is 19.1 Å². The lowest BCUT2D eigenvalue weighted by molar-refractivity contribution is -0.147. The third kappa shape index (κ3) is 10.3. The summed E-state index contributed by atoms with van der Waals surface area (Å²) in [5.41, 5.74) is 5.45. The number of rotatable bonds is 14. The molecule has 0 aromatic heterocycles. The number of amides is 3. The van der Waals surface area contributed by atoms with Gasteiger partial charge in [0, 0.05) is 6.42 Å². The van der Waals surface area contributed by atoms with Crippen LogP contribution in [0.2, 0.25) is 0 Å². The number of carboxylic acid groups (broad SMARTS) is 3. The second kappa shape index (κ2) is 13.1. The number of nitrogens with two attached hydrogens (primary N) is 1. The molecule has 5 unspecified atom stereocenters. The first-order valence-corrected chi connectivity index (χ1v) is 8.92. The van der Waals surface area contributed by atoms with E-state index in [0.717, 1.165) is 0 Å².